The molecule has 1 unspecified atom stereocenters. The molecule has 0 fully saturated rings. The van der Waals surface area contributed by atoms with Crippen LogP contribution in [-0.4, -0.2) is 16.7 Å². The fraction of sp³-hybridized carbons (Fsp3) is 0.0667. The summed E-state index contributed by atoms with van der Waals surface area (Å²) < 4.78 is 5.51. The summed E-state index contributed by atoms with van der Waals surface area (Å²) in [5.41, 5.74) is 0.701. The second-order valence-electron chi connectivity index (χ2n) is 4.26. The monoisotopic (exact) mass is 254 g/mol. The summed E-state index contributed by atoms with van der Waals surface area (Å²) in [6.45, 7) is 0. The van der Waals surface area contributed by atoms with E-state index in [9.17, 15) is 14.7 Å². The highest BCUT2D eigenvalue weighted by Crippen LogP contribution is 2.38. The number of ketones is 2. The van der Waals surface area contributed by atoms with Crippen LogP contribution < -0.4 is 4.74 Å². The minimum absolute atomic E-state index is 0.0703. The molecule has 0 aromatic heterocycles. The van der Waals surface area contributed by atoms with Gasteiger partial charge >= 0.3 is 0 Å². The number of aromatic hydroxyl groups is 1. The van der Waals surface area contributed by atoms with Gasteiger partial charge in [0.15, 0.2) is 17.6 Å². The Bertz CT molecular complexity index is 661. The zero-order valence-electron chi connectivity index (χ0n) is 9.87. The number of phenolic OH excluding ortho intramolecular Hbond substituents is 1. The van der Waals surface area contributed by atoms with Crippen LogP contribution in [0, 0.1) is 0 Å². The number of benzene rings is 2. The molecular formula is C15H10O4. The SMILES string of the molecule is O=C1C(=O)C(c2ccccc2)Oc2c(O)cccc21. The topological polar surface area (TPSA) is 63.6 Å². The van der Waals surface area contributed by atoms with Crippen molar-refractivity contribution in [3.63, 3.8) is 0 Å². The third kappa shape index (κ3) is 1.78. The molecule has 0 amide bonds. The summed E-state index contributed by atoms with van der Waals surface area (Å²) >= 11 is 0. The summed E-state index contributed by atoms with van der Waals surface area (Å²) in [4.78, 5) is 24.1. The average molecular weight is 254 g/mol. The number of carbonyl (C=O) groups is 2. The number of fused-ring (bicyclic) bond motifs is 1. The highest BCUT2D eigenvalue weighted by molar-refractivity contribution is 6.46. The standard InChI is InChI=1S/C15H10O4/c16-11-8-4-7-10-12(17)13(18)14(19-15(10)11)9-5-2-1-3-6-9/h1-8,14,16H. The van der Waals surface area contributed by atoms with Crippen molar-refractivity contribution in [2.45, 2.75) is 6.10 Å². The van der Waals surface area contributed by atoms with Crippen molar-refractivity contribution in [3.05, 3.63) is 59.7 Å². The third-order valence-electron chi connectivity index (χ3n) is 3.04. The van der Waals surface area contributed by atoms with Crippen molar-refractivity contribution in [1.29, 1.82) is 0 Å². The number of carbonyl (C=O) groups excluding carboxylic acids is 2. The minimum atomic E-state index is -0.991. The van der Waals surface area contributed by atoms with E-state index < -0.39 is 17.7 Å². The van der Waals surface area contributed by atoms with E-state index in [0.717, 1.165) is 0 Å². The first kappa shape index (κ1) is 11.5. The van der Waals surface area contributed by atoms with Crippen LogP contribution >= 0.6 is 0 Å². The molecule has 19 heavy (non-hydrogen) atoms. The summed E-state index contributed by atoms with van der Waals surface area (Å²) in [7, 11) is 0. The van der Waals surface area contributed by atoms with E-state index >= 15 is 0 Å². The van der Waals surface area contributed by atoms with E-state index in [0.29, 0.717) is 5.56 Å². The van der Waals surface area contributed by atoms with Gasteiger partial charge in [0.05, 0.1) is 5.56 Å². The summed E-state index contributed by atoms with van der Waals surface area (Å²) in [6, 6.07) is 13.1. The molecule has 0 saturated carbocycles. The molecule has 1 N–H and O–H groups in total. The van der Waals surface area contributed by atoms with Crippen LogP contribution in [0.2, 0.25) is 0 Å². The van der Waals surface area contributed by atoms with Gasteiger partial charge in [0.1, 0.15) is 0 Å². The Morgan fingerprint density at radius 2 is 1.68 bits per heavy atom. The van der Waals surface area contributed by atoms with Gasteiger partial charge in [0, 0.05) is 5.56 Å². The average Bonchev–Trinajstić information content (AvgIpc) is 2.44. The van der Waals surface area contributed by atoms with Crippen LogP contribution in [0.15, 0.2) is 48.5 Å². The molecule has 1 aliphatic rings. The Labute approximate surface area is 109 Å². The lowest BCUT2D eigenvalue weighted by Gasteiger charge is -2.24. The molecule has 0 aliphatic carbocycles. The van der Waals surface area contributed by atoms with Crippen LogP contribution in [0.4, 0.5) is 0 Å². The second kappa shape index (κ2) is 4.24. The Morgan fingerprint density at radius 3 is 2.42 bits per heavy atom. The number of rotatable bonds is 1. The normalized spacial score (nSPS) is 17.8. The number of hydrogen-bond acceptors (Lipinski definition) is 4. The summed E-state index contributed by atoms with van der Waals surface area (Å²) in [5, 5.41) is 9.74. The molecule has 2 aromatic rings. The smallest absolute Gasteiger partial charge is 0.248 e. The molecule has 2 aromatic carbocycles. The molecule has 0 bridgehead atoms. The van der Waals surface area contributed by atoms with Gasteiger partial charge < -0.3 is 9.84 Å². The van der Waals surface area contributed by atoms with Crippen molar-refractivity contribution in [3.8, 4) is 11.5 Å². The minimum Gasteiger partial charge on any atom is -0.504 e. The van der Waals surface area contributed by atoms with E-state index in [2.05, 4.69) is 0 Å². The lowest BCUT2D eigenvalue weighted by Crippen LogP contribution is -2.31. The van der Waals surface area contributed by atoms with E-state index in [1.165, 1.54) is 18.2 Å². The maximum absolute atomic E-state index is 12.0. The Balaban J connectivity index is 2.11. The quantitative estimate of drug-likeness (QED) is 0.793. The van der Waals surface area contributed by atoms with E-state index in [1.807, 2.05) is 6.07 Å². The first-order chi connectivity index (χ1) is 9.18. The number of para-hydroxylation sites is 1. The lowest BCUT2D eigenvalue weighted by molar-refractivity contribution is -0.122. The molecular weight excluding hydrogens is 244 g/mol. The van der Waals surface area contributed by atoms with E-state index in [-0.39, 0.29) is 17.1 Å². The lowest BCUT2D eigenvalue weighted by atomic mass is 9.95. The molecule has 4 heteroatoms. The number of phenols is 1. The van der Waals surface area contributed by atoms with E-state index in [1.54, 1.807) is 24.3 Å². The van der Waals surface area contributed by atoms with Gasteiger partial charge in [-0.3, -0.25) is 9.59 Å². The maximum atomic E-state index is 12.0. The number of hydrogen-bond donors (Lipinski definition) is 1. The van der Waals surface area contributed by atoms with Gasteiger partial charge in [-0.25, -0.2) is 0 Å². The van der Waals surface area contributed by atoms with Crippen molar-refractivity contribution in [2.24, 2.45) is 0 Å². The van der Waals surface area contributed by atoms with Crippen LogP contribution in [0.3, 0.4) is 0 Å². The second-order valence-corrected chi connectivity index (χ2v) is 4.26. The molecule has 3 rings (SSSR count). The van der Waals surface area contributed by atoms with Crippen molar-refractivity contribution in [1.82, 2.24) is 0 Å². The Hall–Kier alpha value is -2.62. The van der Waals surface area contributed by atoms with Crippen molar-refractivity contribution < 1.29 is 19.4 Å². The molecule has 0 saturated heterocycles. The number of ether oxygens (including phenoxy) is 1. The highest BCUT2D eigenvalue weighted by Gasteiger charge is 2.37. The fourth-order valence-electron chi connectivity index (χ4n) is 2.10. The first-order valence-electron chi connectivity index (χ1n) is 5.80. The zero-order chi connectivity index (χ0) is 13.4. The van der Waals surface area contributed by atoms with Gasteiger partial charge in [-0.2, -0.15) is 0 Å². The van der Waals surface area contributed by atoms with Gasteiger partial charge in [-0.15, -0.1) is 0 Å². The highest BCUT2D eigenvalue weighted by atomic mass is 16.5. The van der Waals surface area contributed by atoms with E-state index in [4.69, 9.17) is 4.74 Å². The molecule has 0 radical (unpaired) electrons. The molecule has 1 aliphatic heterocycles. The Kier molecular flexibility index (Phi) is 2.56. The van der Waals surface area contributed by atoms with Crippen LogP contribution in [0.5, 0.6) is 11.5 Å². The summed E-state index contributed by atoms with van der Waals surface area (Å²) in [5.74, 6) is -1.32. The Morgan fingerprint density at radius 1 is 0.947 bits per heavy atom. The van der Waals surface area contributed by atoms with Crippen LogP contribution in [-0.2, 0) is 4.79 Å². The summed E-state index contributed by atoms with van der Waals surface area (Å²) in [6.07, 6.45) is -0.991. The van der Waals surface area contributed by atoms with Gasteiger partial charge in [-0.1, -0.05) is 36.4 Å². The van der Waals surface area contributed by atoms with Crippen LogP contribution in [0.1, 0.15) is 22.0 Å². The molecule has 1 atom stereocenters. The van der Waals surface area contributed by atoms with Crippen LogP contribution in [0.25, 0.3) is 0 Å². The van der Waals surface area contributed by atoms with Gasteiger partial charge in [-0.05, 0) is 12.1 Å². The third-order valence-corrected chi connectivity index (χ3v) is 3.04. The molecule has 94 valence electrons. The maximum Gasteiger partial charge on any atom is 0.248 e. The molecule has 1 heterocycles. The predicted octanol–water partition coefficient (Wildman–Crippen LogP) is 2.28. The molecule has 4 nitrogen and oxygen atoms in total. The number of Topliss-reactive ketones (excluding diaryl/α,β-unsaturated/α-hetero) is 2. The van der Waals surface area contributed by atoms with Crippen molar-refractivity contribution >= 4 is 11.6 Å². The largest absolute Gasteiger partial charge is 0.504 e. The van der Waals surface area contributed by atoms with Gasteiger partial charge in [0.25, 0.3) is 0 Å². The fourth-order valence-corrected chi connectivity index (χ4v) is 2.10. The van der Waals surface area contributed by atoms with Gasteiger partial charge in [0.2, 0.25) is 11.6 Å². The first-order valence-corrected chi connectivity index (χ1v) is 5.80. The predicted molar refractivity (Wildman–Crippen MR) is 67.3 cm³/mol. The molecule has 0 spiro atoms. The van der Waals surface area contributed by atoms with Crippen molar-refractivity contribution in [2.75, 3.05) is 0 Å². The zero-order valence-corrected chi connectivity index (χ0v) is 9.87.